The molecule has 0 unspecified atom stereocenters. The molecule has 0 atom stereocenters. The number of fused-ring (bicyclic) bond motifs is 1. The van der Waals surface area contributed by atoms with Gasteiger partial charge in [0.25, 0.3) is 5.71 Å². The van der Waals surface area contributed by atoms with E-state index in [0.29, 0.717) is 17.8 Å². The quantitative estimate of drug-likeness (QED) is 0.739. The fourth-order valence-corrected chi connectivity index (χ4v) is 1.26. The Balaban J connectivity index is 2.45. The maximum absolute atomic E-state index is 5.46. The Bertz CT molecular complexity index is 426. The minimum atomic E-state index is 0.499. The van der Waals surface area contributed by atoms with Gasteiger partial charge in [0.1, 0.15) is 6.33 Å². The molecule has 74 valence electrons. The summed E-state index contributed by atoms with van der Waals surface area (Å²) in [5.41, 5.74) is 6.63. The summed E-state index contributed by atoms with van der Waals surface area (Å²) in [4.78, 5) is 14.1. The van der Waals surface area contributed by atoms with E-state index in [9.17, 15) is 0 Å². The second kappa shape index (κ2) is 3.59. The van der Waals surface area contributed by atoms with Crippen molar-refractivity contribution in [3.8, 4) is 0 Å². The van der Waals surface area contributed by atoms with E-state index >= 15 is 0 Å². The van der Waals surface area contributed by atoms with Crippen molar-refractivity contribution in [1.29, 1.82) is 0 Å². The lowest BCUT2D eigenvalue weighted by Gasteiger charge is -2.15. The van der Waals surface area contributed by atoms with Crippen LogP contribution in [0.1, 0.15) is 0 Å². The lowest BCUT2D eigenvalue weighted by molar-refractivity contribution is 0.590. The van der Waals surface area contributed by atoms with Gasteiger partial charge in [-0.2, -0.15) is 4.98 Å². The minimum absolute atomic E-state index is 0.499. The fourth-order valence-electron chi connectivity index (χ4n) is 1.26. The van der Waals surface area contributed by atoms with Crippen molar-refractivity contribution < 1.29 is 4.42 Å². The average molecular weight is 193 g/mol. The van der Waals surface area contributed by atoms with Gasteiger partial charge in [-0.1, -0.05) is 0 Å². The molecule has 0 radical (unpaired) electrons. The Morgan fingerprint density at radius 2 is 2.29 bits per heavy atom. The summed E-state index contributed by atoms with van der Waals surface area (Å²) >= 11 is 0. The largest absolute Gasteiger partial charge is 0.425 e. The van der Waals surface area contributed by atoms with Crippen LogP contribution in [0, 0.1) is 0 Å². The SMILES string of the molecule is CN(CCN)c1ncnc2ocnc12. The van der Waals surface area contributed by atoms with Crippen LogP contribution in [0.4, 0.5) is 5.82 Å². The van der Waals surface area contributed by atoms with Crippen LogP contribution in [0.3, 0.4) is 0 Å². The number of rotatable bonds is 3. The van der Waals surface area contributed by atoms with Gasteiger partial charge in [0.2, 0.25) is 0 Å². The molecule has 0 fully saturated rings. The topological polar surface area (TPSA) is 81.1 Å². The predicted molar refractivity (Wildman–Crippen MR) is 51.9 cm³/mol. The molecule has 6 heteroatoms. The second-order valence-corrected chi connectivity index (χ2v) is 2.91. The number of anilines is 1. The maximum Gasteiger partial charge on any atom is 0.252 e. The Labute approximate surface area is 80.8 Å². The highest BCUT2D eigenvalue weighted by Crippen LogP contribution is 2.19. The van der Waals surface area contributed by atoms with Crippen molar-refractivity contribution in [2.45, 2.75) is 0 Å². The molecule has 0 aromatic carbocycles. The third-order valence-corrected chi connectivity index (χ3v) is 1.94. The summed E-state index contributed by atoms with van der Waals surface area (Å²) in [5.74, 6) is 0.745. The van der Waals surface area contributed by atoms with Crippen LogP contribution in [-0.2, 0) is 0 Å². The third-order valence-electron chi connectivity index (χ3n) is 1.94. The standard InChI is InChI=1S/C8H11N5O/c1-13(3-2-9)7-6-8(11-4-10-7)14-5-12-6/h4-5H,2-3,9H2,1H3. The number of nitrogens with two attached hydrogens (primary N) is 1. The molecule has 2 N–H and O–H groups in total. The van der Waals surface area contributed by atoms with Crippen molar-refractivity contribution in [2.75, 3.05) is 25.0 Å². The molecule has 0 saturated carbocycles. The summed E-state index contributed by atoms with van der Waals surface area (Å²) in [6.07, 6.45) is 2.81. The van der Waals surface area contributed by atoms with E-state index in [1.165, 1.54) is 12.7 Å². The van der Waals surface area contributed by atoms with E-state index in [-0.39, 0.29) is 0 Å². The summed E-state index contributed by atoms with van der Waals surface area (Å²) < 4.78 is 5.07. The van der Waals surface area contributed by atoms with Gasteiger partial charge in [-0.05, 0) is 0 Å². The van der Waals surface area contributed by atoms with Crippen molar-refractivity contribution in [3.63, 3.8) is 0 Å². The van der Waals surface area contributed by atoms with Gasteiger partial charge in [-0.25, -0.2) is 9.97 Å². The summed E-state index contributed by atoms with van der Waals surface area (Å²) in [6.45, 7) is 1.29. The molecule has 0 spiro atoms. The normalized spacial score (nSPS) is 10.7. The zero-order valence-corrected chi connectivity index (χ0v) is 7.84. The first-order valence-corrected chi connectivity index (χ1v) is 4.28. The number of oxazole rings is 1. The van der Waals surface area contributed by atoms with Crippen LogP contribution in [0.2, 0.25) is 0 Å². The van der Waals surface area contributed by atoms with Gasteiger partial charge in [-0.3, -0.25) is 0 Å². The first-order valence-electron chi connectivity index (χ1n) is 4.28. The Morgan fingerprint density at radius 3 is 3.07 bits per heavy atom. The summed E-state index contributed by atoms with van der Waals surface area (Å²) in [6, 6.07) is 0. The average Bonchev–Trinajstić information content (AvgIpc) is 2.65. The first kappa shape index (κ1) is 8.89. The molecule has 0 amide bonds. The van der Waals surface area contributed by atoms with E-state index in [1.54, 1.807) is 0 Å². The van der Waals surface area contributed by atoms with Crippen LogP contribution in [0.5, 0.6) is 0 Å². The Morgan fingerprint density at radius 1 is 1.43 bits per heavy atom. The van der Waals surface area contributed by atoms with Crippen LogP contribution < -0.4 is 10.6 Å². The van der Waals surface area contributed by atoms with Crippen LogP contribution in [-0.4, -0.2) is 35.1 Å². The first-order chi connectivity index (χ1) is 6.83. The summed E-state index contributed by atoms with van der Waals surface area (Å²) in [5, 5.41) is 0. The molecule has 0 aliphatic carbocycles. The van der Waals surface area contributed by atoms with Gasteiger partial charge in [0, 0.05) is 20.1 Å². The molecule has 2 rings (SSSR count). The van der Waals surface area contributed by atoms with E-state index in [0.717, 1.165) is 12.4 Å². The van der Waals surface area contributed by atoms with Gasteiger partial charge < -0.3 is 15.1 Å². The van der Waals surface area contributed by atoms with Gasteiger partial charge in [0.15, 0.2) is 17.7 Å². The number of nitrogens with zero attached hydrogens (tertiary/aromatic N) is 4. The lowest BCUT2D eigenvalue weighted by atomic mass is 10.4. The monoisotopic (exact) mass is 193 g/mol. The highest BCUT2D eigenvalue weighted by atomic mass is 16.3. The van der Waals surface area contributed by atoms with Crippen LogP contribution in [0.15, 0.2) is 17.1 Å². The molecular weight excluding hydrogens is 182 g/mol. The van der Waals surface area contributed by atoms with Crippen LogP contribution in [0.25, 0.3) is 11.2 Å². The molecule has 0 aliphatic heterocycles. The molecular formula is C8H11N5O. The van der Waals surface area contributed by atoms with E-state index in [1.807, 2.05) is 11.9 Å². The molecule has 14 heavy (non-hydrogen) atoms. The number of likely N-dealkylation sites (N-methyl/N-ethyl adjacent to an activating group) is 1. The van der Waals surface area contributed by atoms with Gasteiger partial charge in [0.05, 0.1) is 0 Å². The molecule has 6 nitrogen and oxygen atoms in total. The van der Waals surface area contributed by atoms with Crippen molar-refractivity contribution in [3.05, 3.63) is 12.7 Å². The van der Waals surface area contributed by atoms with Crippen molar-refractivity contribution in [2.24, 2.45) is 5.73 Å². The van der Waals surface area contributed by atoms with E-state index in [2.05, 4.69) is 15.0 Å². The molecule has 0 saturated heterocycles. The molecule has 2 heterocycles. The minimum Gasteiger partial charge on any atom is -0.425 e. The van der Waals surface area contributed by atoms with Crippen molar-refractivity contribution in [1.82, 2.24) is 15.0 Å². The number of hydrogen-bond donors (Lipinski definition) is 1. The predicted octanol–water partition coefficient (Wildman–Crippen LogP) is 0.0127. The Hall–Kier alpha value is -1.69. The van der Waals surface area contributed by atoms with E-state index < -0.39 is 0 Å². The highest BCUT2D eigenvalue weighted by molar-refractivity contribution is 5.80. The molecule has 2 aromatic rings. The van der Waals surface area contributed by atoms with E-state index in [4.69, 9.17) is 10.2 Å². The molecule has 0 aliphatic rings. The van der Waals surface area contributed by atoms with Crippen LogP contribution >= 0.6 is 0 Å². The van der Waals surface area contributed by atoms with Crippen molar-refractivity contribution >= 4 is 17.0 Å². The van der Waals surface area contributed by atoms with Gasteiger partial charge in [-0.15, -0.1) is 0 Å². The maximum atomic E-state index is 5.46. The number of aromatic nitrogens is 3. The second-order valence-electron chi connectivity index (χ2n) is 2.91. The zero-order chi connectivity index (χ0) is 9.97. The Kier molecular flexibility index (Phi) is 2.28. The zero-order valence-electron chi connectivity index (χ0n) is 7.84. The molecule has 2 aromatic heterocycles. The lowest BCUT2D eigenvalue weighted by Crippen LogP contribution is -2.26. The summed E-state index contributed by atoms with van der Waals surface area (Å²) in [7, 11) is 1.91. The smallest absolute Gasteiger partial charge is 0.252 e. The number of hydrogen-bond acceptors (Lipinski definition) is 6. The van der Waals surface area contributed by atoms with Gasteiger partial charge >= 0.3 is 0 Å². The third kappa shape index (κ3) is 1.39. The highest BCUT2D eigenvalue weighted by Gasteiger charge is 2.10. The fraction of sp³-hybridized carbons (Fsp3) is 0.375. The molecule has 0 bridgehead atoms.